The molecular weight excluding hydrogens is 216 g/mol. The molecule has 1 heterocycles. The minimum Gasteiger partial charge on any atom is -0.340 e. The van der Waals surface area contributed by atoms with Crippen molar-refractivity contribution in [1.82, 2.24) is 10.2 Å². The predicted molar refractivity (Wildman–Crippen MR) is 67.4 cm³/mol. The fraction of sp³-hybridized carbons (Fsp3) is 0.846. The number of hydrogen-bond acceptors (Lipinski definition) is 2. The van der Waals surface area contributed by atoms with Crippen LogP contribution in [0.2, 0.25) is 0 Å². The summed E-state index contributed by atoms with van der Waals surface area (Å²) in [6.45, 7) is 11.6. The number of nitrogens with one attached hydrogen (secondary N) is 1. The summed E-state index contributed by atoms with van der Waals surface area (Å²) in [5.74, 6) is 0.312. The van der Waals surface area contributed by atoms with Gasteiger partial charge in [-0.3, -0.25) is 9.59 Å². The van der Waals surface area contributed by atoms with E-state index < -0.39 is 5.54 Å². The third-order valence-corrected chi connectivity index (χ3v) is 3.55. The van der Waals surface area contributed by atoms with E-state index in [1.54, 1.807) is 25.7 Å². The lowest BCUT2D eigenvalue weighted by Gasteiger charge is -2.46. The molecule has 1 saturated heterocycles. The van der Waals surface area contributed by atoms with Gasteiger partial charge in [-0.25, -0.2) is 0 Å². The number of hydrogen-bond donors (Lipinski definition) is 1. The number of piperazine rings is 1. The van der Waals surface area contributed by atoms with E-state index >= 15 is 0 Å². The van der Waals surface area contributed by atoms with Crippen molar-refractivity contribution in [3.8, 4) is 0 Å². The molecular formula is C13H24N2O2. The van der Waals surface area contributed by atoms with Crippen LogP contribution in [0.15, 0.2) is 0 Å². The van der Waals surface area contributed by atoms with Gasteiger partial charge in [0.15, 0.2) is 0 Å². The molecule has 0 aromatic carbocycles. The summed E-state index contributed by atoms with van der Waals surface area (Å²) in [7, 11) is 0. The summed E-state index contributed by atoms with van der Waals surface area (Å²) < 4.78 is 0. The van der Waals surface area contributed by atoms with E-state index in [0.29, 0.717) is 5.92 Å². The Hall–Kier alpha value is -1.06. The molecule has 0 bridgehead atoms. The smallest absolute Gasteiger partial charge is 0.248 e. The second-order valence-electron chi connectivity index (χ2n) is 5.72. The van der Waals surface area contributed by atoms with Gasteiger partial charge < -0.3 is 10.2 Å². The molecule has 4 heteroatoms. The lowest BCUT2D eigenvalue weighted by molar-refractivity contribution is -0.156. The lowest BCUT2D eigenvalue weighted by Crippen LogP contribution is -2.69. The Morgan fingerprint density at radius 2 is 1.88 bits per heavy atom. The van der Waals surface area contributed by atoms with Crippen LogP contribution in [-0.2, 0) is 9.59 Å². The summed E-state index contributed by atoms with van der Waals surface area (Å²) >= 11 is 0. The molecule has 4 nitrogen and oxygen atoms in total. The molecule has 0 saturated carbocycles. The van der Waals surface area contributed by atoms with Crippen molar-refractivity contribution in [3.63, 3.8) is 0 Å². The maximum Gasteiger partial charge on any atom is 0.248 e. The van der Waals surface area contributed by atoms with Crippen LogP contribution in [0.1, 0.15) is 48.0 Å². The number of carbonyl (C=O) groups excluding carboxylic acids is 2. The molecule has 1 fully saturated rings. The summed E-state index contributed by atoms with van der Waals surface area (Å²) in [5, 5.41) is 2.77. The zero-order valence-corrected chi connectivity index (χ0v) is 11.7. The first-order valence-electron chi connectivity index (χ1n) is 6.37. The van der Waals surface area contributed by atoms with Gasteiger partial charge in [-0.1, -0.05) is 20.8 Å². The highest BCUT2D eigenvalue weighted by molar-refractivity contribution is 5.99. The van der Waals surface area contributed by atoms with Crippen LogP contribution in [0, 0.1) is 5.92 Å². The Balaban J connectivity index is 3.09. The van der Waals surface area contributed by atoms with Crippen molar-refractivity contribution in [1.29, 1.82) is 0 Å². The van der Waals surface area contributed by atoms with Crippen LogP contribution in [0.3, 0.4) is 0 Å². The fourth-order valence-corrected chi connectivity index (χ4v) is 2.52. The Labute approximate surface area is 104 Å². The van der Waals surface area contributed by atoms with Crippen LogP contribution >= 0.6 is 0 Å². The Bertz CT molecular complexity index is 323. The third kappa shape index (κ3) is 2.45. The molecule has 0 spiro atoms. The summed E-state index contributed by atoms with van der Waals surface area (Å²) in [4.78, 5) is 26.1. The number of nitrogens with zero attached hydrogens (tertiary/aromatic N) is 1. The van der Waals surface area contributed by atoms with Crippen LogP contribution in [0.5, 0.6) is 0 Å². The second kappa shape index (κ2) is 4.67. The highest BCUT2D eigenvalue weighted by Gasteiger charge is 2.46. The van der Waals surface area contributed by atoms with Gasteiger partial charge in [0.05, 0.1) is 0 Å². The van der Waals surface area contributed by atoms with Crippen molar-refractivity contribution in [3.05, 3.63) is 0 Å². The highest BCUT2D eigenvalue weighted by atomic mass is 16.2. The Kier molecular flexibility index (Phi) is 3.84. The van der Waals surface area contributed by atoms with Gasteiger partial charge in [0.1, 0.15) is 11.6 Å². The number of amides is 2. The fourth-order valence-electron chi connectivity index (χ4n) is 2.52. The van der Waals surface area contributed by atoms with E-state index in [4.69, 9.17) is 0 Å². The maximum absolute atomic E-state index is 12.4. The first kappa shape index (κ1) is 14.0. The van der Waals surface area contributed by atoms with Crippen LogP contribution in [0.4, 0.5) is 0 Å². The molecule has 1 aliphatic heterocycles. The third-order valence-electron chi connectivity index (χ3n) is 3.55. The van der Waals surface area contributed by atoms with Crippen LogP contribution in [-0.4, -0.2) is 34.3 Å². The molecule has 2 atom stereocenters. The van der Waals surface area contributed by atoms with E-state index in [2.05, 4.69) is 26.1 Å². The SMILES string of the molecule is CCC(C(C)C)N1C(=O)C(C)(C)NC(=O)C1C. The van der Waals surface area contributed by atoms with E-state index in [-0.39, 0.29) is 23.9 Å². The highest BCUT2D eigenvalue weighted by Crippen LogP contribution is 2.25. The first-order chi connectivity index (χ1) is 7.72. The minimum absolute atomic E-state index is 0.0187. The monoisotopic (exact) mass is 240 g/mol. The molecule has 17 heavy (non-hydrogen) atoms. The van der Waals surface area contributed by atoms with Gasteiger partial charge in [-0.05, 0) is 33.1 Å². The van der Waals surface area contributed by atoms with Gasteiger partial charge in [-0.15, -0.1) is 0 Å². The molecule has 1 N–H and O–H groups in total. The number of carbonyl (C=O) groups is 2. The maximum atomic E-state index is 12.4. The van der Waals surface area contributed by atoms with Gasteiger partial charge in [0.2, 0.25) is 11.8 Å². The van der Waals surface area contributed by atoms with Gasteiger partial charge >= 0.3 is 0 Å². The molecule has 0 aromatic heterocycles. The first-order valence-corrected chi connectivity index (χ1v) is 6.37. The van der Waals surface area contributed by atoms with Gasteiger partial charge in [0.25, 0.3) is 0 Å². The van der Waals surface area contributed by atoms with Crippen molar-refractivity contribution in [2.45, 2.75) is 65.6 Å². The summed E-state index contributed by atoms with van der Waals surface area (Å²) in [6.07, 6.45) is 0.872. The molecule has 1 aliphatic rings. The second-order valence-corrected chi connectivity index (χ2v) is 5.72. The van der Waals surface area contributed by atoms with Crippen molar-refractivity contribution in [2.24, 2.45) is 5.92 Å². The van der Waals surface area contributed by atoms with E-state index in [1.807, 2.05) is 0 Å². The normalized spacial score (nSPS) is 26.1. The standard InChI is InChI=1S/C13H24N2O2/c1-7-10(8(2)3)15-9(4)11(16)14-13(5,6)12(15)17/h8-10H,7H2,1-6H3,(H,14,16). The molecule has 2 unspecified atom stereocenters. The van der Waals surface area contributed by atoms with Crippen LogP contribution < -0.4 is 5.32 Å². The van der Waals surface area contributed by atoms with Crippen molar-refractivity contribution < 1.29 is 9.59 Å². The van der Waals surface area contributed by atoms with Crippen molar-refractivity contribution >= 4 is 11.8 Å². The largest absolute Gasteiger partial charge is 0.340 e. The quantitative estimate of drug-likeness (QED) is 0.813. The molecule has 0 radical (unpaired) electrons. The zero-order chi connectivity index (χ0) is 13.4. The van der Waals surface area contributed by atoms with Gasteiger partial charge in [-0.2, -0.15) is 0 Å². The molecule has 98 valence electrons. The molecule has 0 aromatic rings. The molecule has 0 aliphatic carbocycles. The Morgan fingerprint density at radius 3 is 2.29 bits per heavy atom. The Morgan fingerprint density at radius 1 is 1.35 bits per heavy atom. The predicted octanol–water partition coefficient (Wildman–Crippen LogP) is 1.55. The minimum atomic E-state index is -0.786. The summed E-state index contributed by atoms with van der Waals surface area (Å²) in [5.41, 5.74) is -0.786. The topological polar surface area (TPSA) is 49.4 Å². The molecule has 2 amide bonds. The lowest BCUT2D eigenvalue weighted by atomic mass is 9.91. The summed E-state index contributed by atoms with van der Waals surface area (Å²) in [6, 6.07) is -0.245. The van der Waals surface area contributed by atoms with Crippen LogP contribution in [0.25, 0.3) is 0 Å². The number of rotatable bonds is 3. The average molecular weight is 240 g/mol. The van der Waals surface area contributed by atoms with E-state index in [0.717, 1.165) is 6.42 Å². The zero-order valence-electron chi connectivity index (χ0n) is 11.7. The van der Waals surface area contributed by atoms with E-state index in [1.165, 1.54) is 0 Å². The molecule has 1 rings (SSSR count). The average Bonchev–Trinajstić information content (AvgIpc) is 2.20. The van der Waals surface area contributed by atoms with E-state index in [9.17, 15) is 9.59 Å². The van der Waals surface area contributed by atoms with Crippen molar-refractivity contribution in [2.75, 3.05) is 0 Å². The van der Waals surface area contributed by atoms with Gasteiger partial charge in [0, 0.05) is 6.04 Å².